The SMILES string of the molecule is CC(=N)C1=CCC(C)C=C(c2ccc(C(=O)NC3CC3)c(C)c2)N1N. The lowest BCUT2D eigenvalue weighted by Gasteiger charge is -2.24. The van der Waals surface area contributed by atoms with Gasteiger partial charge in [0.15, 0.2) is 0 Å². The number of allylic oxidation sites excluding steroid dienone is 3. The first-order chi connectivity index (χ1) is 11.9. The molecule has 1 aromatic carbocycles. The molecule has 1 aliphatic carbocycles. The Hall–Kier alpha value is -2.40. The van der Waals surface area contributed by atoms with Gasteiger partial charge in [0.05, 0.1) is 17.1 Å². The second-order valence-corrected chi connectivity index (χ2v) is 7.13. The van der Waals surface area contributed by atoms with Crippen LogP contribution in [-0.2, 0) is 0 Å². The number of carbonyl (C=O) groups is 1. The molecule has 0 spiro atoms. The minimum atomic E-state index is -0.00436. The van der Waals surface area contributed by atoms with Gasteiger partial charge < -0.3 is 10.7 Å². The lowest BCUT2D eigenvalue weighted by atomic mass is 10.00. The number of benzene rings is 1. The molecule has 0 radical (unpaired) electrons. The fraction of sp³-hybridized carbons (Fsp3) is 0.400. The monoisotopic (exact) mass is 338 g/mol. The van der Waals surface area contributed by atoms with E-state index in [1.165, 1.54) is 0 Å². The normalized spacial score (nSPS) is 20.5. The van der Waals surface area contributed by atoms with Gasteiger partial charge in [-0.15, -0.1) is 0 Å². The van der Waals surface area contributed by atoms with E-state index in [0.29, 0.717) is 23.2 Å². The summed E-state index contributed by atoms with van der Waals surface area (Å²) in [4.78, 5) is 12.3. The van der Waals surface area contributed by atoms with E-state index < -0.39 is 0 Å². The third-order valence-electron chi connectivity index (χ3n) is 4.71. The predicted octanol–water partition coefficient (Wildman–Crippen LogP) is 3.37. The lowest BCUT2D eigenvalue weighted by Crippen LogP contribution is -2.31. The number of rotatable bonds is 4. The van der Waals surface area contributed by atoms with Crippen molar-refractivity contribution >= 4 is 17.3 Å². The second-order valence-electron chi connectivity index (χ2n) is 7.13. The van der Waals surface area contributed by atoms with Crippen molar-refractivity contribution in [3.8, 4) is 0 Å². The standard InChI is InChI=1S/C20H26N4O/c1-12-4-9-18(14(3)21)24(22)19(10-12)15-5-8-17(13(2)11-15)20(25)23-16-6-7-16/h5,8-12,16,21H,4,6-7,22H2,1-3H3,(H,23,25). The van der Waals surface area contributed by atoms with Gasteiger partial charge in [-0.2, -0.15) is 0 Å². The smallest absolute Gasteiger partial charge is 0.251 e. The van der Waals surface area contributed by atoms with Gasteiger partial charge in [-0.25, -0.2) is 5.84 Å². The third kappa shape index (κ3) is 3.82. The molecule has 5 nitrogen and oxygen atoms in total. The van der Waals surface area contributed by atoms with E-state index in [9.17, 15) is 4.79 Å². The summed E-state index contributed by atoms with van der Waals surface area (Å²) >= 11 is 0. The van der Waals surface area contributed by atoms with Gasteiger partial charge in [0.1, 0.15) is 0 Å². The molecule has 25 heavy (non-hydrogen) atoms. The molecular formula is C20H26N4O. The van der Waals surface area contributed by atoms with Crippen molar-refractivity contribution in [2.45, 2.75) is 46.1 Å². The number of hydrazine groups is 1. The van der Waals surface area contributed by atoms with Crippen molar-refractivity contribution < 1.29 is 4.79 Å². The number of hydrogen-bond acceptors (Lipinski definition) is 4. The summed E-state index contributed by atoms with van der Waals surface area (Å²) in [6, 6.07) is 6.16. The van der Waals surface area contributed by atoms with Crippen molar-refractivity contribution in [3.05, 3.63) is 52.7 Å². The van der Waals surface area contributed by atoms with Gasteiger partial charge in [-0.3, -0.25) is 9.80 Å². The summed E-state index contributed by atoms with van der Waals surface area (Å²) in [6.07, 6.45) is 7.15. The molecule has 1 unspecified atom stereocenters. The Morgan fingerprint density at radius 2 is 2.08 bits per heavy atom. The molecule has 0 saturated heterocycles. The van der Waals surface area contributed by atoms with E-state index in [2.05, 4.69) is 18.3 Å². The maximum atomic E-state index is 12.3. The second kappa shape index (κ2) is 6.84. The van der Waals surface area contributed by atoms with Crippen LogP contribution >= 0.6 is 0 Å². The van der Waals surface area contributed by atoms with Crippen LogP contribution in [0.3, 0.4) is 0 Å². The zero-order valence-corrected chi connectivity index (χ0v) is 15.1. The van der Waals surface area contributed by atoms with Gasteiger partial charge in [-0.05, 0) is 62.3 Å². The van der Waals surface area contributed by atoms with Crippen LogP contribution < -0.4 is 11.2 Å². The highest BCUT2D eigenvalue weighted by molar-refractivity contribution is 5.98. The molecule has 3 rings (SSSR count). The molecule has 1 aromatic rings. The third-order valence-corrected chi connectivity index (χ3v) is 4.71. The van der Waals surface area contributed by atoms with Crippen LogP contribution in [0, 0.1) is 18.3 Å². The number of nitrogens with zero attached hydrogens (tertiary/aromatic N) is 1. The Morgan fingerprint density at radius 1 is 1.36 bits per heavy atom. The van der Waals surface area contributed by atoms with Crippen LogP contribution in [0.2, 0.25) is 0 Å². The van der Waals surface area contributed by atoms with Crippen molar-refractivity contribution in [1.82, 2.24) is 10.3 Å². The highest BCUT2D eigenvalue weighted by atomic mass is 16.1. The number of carbonyl (C=O) groups excluding carboxylic acids is 1. The van der Waals surface area contributed by atoms with Gasteiger partial charge in [0, 0.05) is 11.6 Å². The number of aryl methyl sites for hydroxylation is 1. The molecule has 1 amide bonds. The summed E-state index contributed by atoms with van der Waals surface area (Å²) in [6.45, 7) is 5.83. The summed E-state index contributed by atoms with van der Waals surface area (Å²) in [7, 11) is 0. The minimum absolute atomic E-state index is 0.00436. The fourth-order valence-corrected chi connectivity index (χ4v) is 3.08. The molecule has 1 atom stereocenters. The lowest BCUT2D eigenvalue weighted by molar-refractivity contribution is 0.0950. The molecule has 0 bridgehead atoms. The maximum absolute atomic E-state index is 12.3. The maximum Gasteiger partial charge on any atom is 0.251 e. The first-order valence-electron chi connectivity index (χ1n) is 8.81. The van der Waals surface area contributed by atoms with Gasteiger partial charge in [0.25, 0.3) is 5.91 Å². The Bertz CT molecular complexity index is 774. The topological polar surface area (TPSA) is 82.2 Å². The first kappa shape index (κ1) is 17.4. The van der Waals surface area contributed by atoms with E-state index >= 15 is 0 Å². The van der Waals surface area contributed by atoms with Crippen molar-refractivity contribution in [3.63, 3.8) is 0 Å². The van der Waals surface area contributed by atoms with E-state index in [4.69, 9.17) is 11.3 Å². The van der Waals surface area contributed by atoms with Crippen molar-refractivity contribution in [1.29, 1.82) is 5.41 Å². The number of nitrogens with one attached hydrogen (secondary N) is 2. The van der Waals surface area contributed by atoms with Gasteiger partial charge in [-0.1, -0.05) is 25.1 Å². The van der Waals surface area contributed by atoms with Crippen LogP contribution in [0.5, 0.6) is 0 Å². The number of hydrogen-bond donors (Lipinski definition) is 3. The zero-order chi connectivity index (χ0) is 18.1. The Kier molecular flexibility index (Phi) is 4.77. The van der Waals surface area contributed by atoms with Crippen molar-refractivity contribution in [2.24, 2.45) is 11.8 Å². The number of amides is 1. The molecule has 2 aliphatic rings. The fourth-order valence-electron chi connectivity index (χ4n) is 3.08. The molecule has 1 saturated carbocycles. The average Bonchev–Trinajstić information content (AvgIpc) is 3.36. The van der Waals surface area contributed by atoms with Crippen LogP contribution in [0.1, 0.15) is 54.6 Å². The summed E-state index contributed by atoms with van der Waals surface area (Å²) in [5, 5.41) is 12.6. The van der Waals surface area contributed by atoms with Crippen LogP contribution in [0.15, 0.2) is 36.0 Å². The molecule has 0 aromatic heterocycles. The molecule has 1 heterocycles. The molecule has 132 valence electrons. The van der Waals surface area contributed by atoms with E-state index in [0.717, 1.165) is 41.8 Å². The van der Waals surface area contributed by atoms with Gasteiger partial charge >= 0.3 is 0 Å². The molecule has 1 aliphatic heterocycles. The summed E-state index contributed by atoms with van der Waals surface area (Å²) in [5.74, 6) is 6.64. The van der Waals surface area contributed by atoms with Crippen molar-refractivity contribution in [2.75, 3.05) is 0 Å². The molecule has 5 heteroatoms. The van der Waals surface area contributed by atoms with Gasteiger partial charge in [0.2, 0.25) is 0 Å². The van der Waals surface area contributed by atoms with E-state index in [-0.39, 0.29) is 5.91 Å². The van der Waals surface area contributed by atoms with Crippen LogP contribution in [0.4, 0.5) is 0 Å². The first-order valence-corrected chi connectivity index (χ1v) is 8.81. The Morgan fingerprint density at radius 3 is 2.68 bits per heavy atom. The summed E-state index contributed by atoms with van der Waals surface area (Å²) in [5.41, 5.74) is 4.65. The Balaban J connectivity index is 1.91. The highest BCUT2D eigenvalue weighted by Crippen LogP contribution is 2.29. The van der Waals surface area contributed by atoms with Crippen LogP contribution in [0.25, 0.3) is 5.70 Å². The molecular weight excluding hydrogens is 312 g/mol. The number of nitrogens with two attached hydrogens (primary N) is 1. The zero-order valence-electron chi connectivity index (χ0n) is 15.1. The minimum Gasteiger partial charge on any atom is -0.349 e. The quantitative estimate of drug-likeness (QED) is 0.581. The molecule has 1 fully saturated rings. The summed E-state index contributed by atoms with van der Waals surface area (Å²) < 4.78 is 0. The van der Waals surface area contributed by atoms with E-state index in [1.807, 2.05) is 31.2 Å². The highest BCUT2D eigenvalue weighted by Gasteiger charge is 2.25. The van der Waals surface area contributed by atoms with Crippen LogP contribution in [-0.4, -0.2) is 22.7 Å². The average molecular weight is 338 g/mol. The molecule has 4 N–H and O–H groups in total. The largest absolute Gasteiger partial charge is 0.349 e. The Labute approximate surface area is 149 Å². The van der Waals surface area contributed by atoms with E-state index in [1.54, 1.807) is 11.9 Å². The predicted molar refractivity (Wildman–Crippen MR) is 101 cm³/mol.